The molecule has 28 heavy (non-hydrogen) atoms. The number of aliphatic hydroxyl groups is 1. The van der Waals surface area contributed by atoms with Crippen LogP contribution in [-0.4, -0.2) is 67.0 Å². The van der Waals surface area contributed by atoms with E-state index in [1.54, 1.807) is 0 Å². The number of nitrogens with two attached hydrogens (primary N) is 1. The van der Waals surface area contributed by atoms with E-state index in [0.717, 1.165) is 0 Å². The summed E-state index contributed by atoms with van der Waals surface area (Å²) in [6.45, 7) is 4.23. The molecule has 3 heterocycles. The lowest BCUT2D eigenvalue weighted by atomic mass is 9.99. The van der Waals surface area contributed by atoms with Crippen LogP contribution in [0.5, 0.6) is 0 Å². The van der Waals surface area contributed by atoms with Crippen molar-refractivity contribution >= 4 is 23.1 Å². The van der Waals surface area contributed by atoms with Crippen LogP contribution in [0.25, 0.3) is 11.2 Å². The molecule has 1 saturated heterocycles. The Morgan fingerprint density at radius 3 is 2.93 bits per heavy atom. The van der Waals surface area contributed by atoms with Crippen molar-refractivity contribution < 1.29 is 23.8 Å². The van der Waals surface area contributed by atoms with Gasteiger partial charge < -0.3 is 25.2 Å². The topological polar surface area (TPSA) is 129 Å². The van der Waals surface area contributed by atoms with Crippen molar-refractivity contribution in [3.8, 4) is 12.3 Å². The molecule has 1 aliphatic heterocycles. The molecule has 10 nitrogen and oxygen atoms in total. The number of ether oxygens (including phenoxy) is 2. The fourth-order valence-electron chi connectivity index (χ4n) is 3.09. The number of anilines is 1. The van der Waals surface area contributed by atoms with Gasteiger partial charge >= 0.3 is 12.2 Å². The third-order valence-corrected chi connectivity index (χ3v) is 4.72. The van der Waals surface area contributed by atoms with Gasteiger partial charge in [-0.1, -0.05) is 5.92 Å². The number of imidazole rings is 1. The van der Waals surface area contributed by atoms with Crippen molar-refractivity contribution in [3.05, 3.63) is 12.4 Å². The molecule has 0 aromatic carbocycles. The number of terminal acetylenes is 1. The zero-order valence-electron chi connectivity index (χ0n) is 15.5. The summed E-state index contributed by atoms with van der Waals surface area (Å²) in [5.74, 6) is 2.27. The number of hydrogen-bond acceptors (Lipinski definition) is 8. The maximum Gasteiger partial charge on any atom is 0.409 e. The van der Waals surface area contributed by atoms with Crippen molar-refractivity contribution in [2.45, 2.75) is 38.2 Å². The Balaban J connectivity index is 1.83. The second kappa shape index (κ2) is 7.57. The van der Waals surface area contributed by atoms with Gasteiger partial charge in [0.05, 0.1) is 6.33 Å². The molecule has 3 N–H and O–H groups in total. The first-order valence-electron chi connectivity index (χ1n) is 8.76. The summed E-state index contributed by atoms with van der Waals surface area (Å²) < 4.78 is 26.1. The number of nitrogens with zero attached hydrogens (tertiary/aromatic N) is 5. The van der Waals surface area contributed by atoms with Crippen LogP contribution < -0.4 is 5.73 Å². The van der Waals surface area contributed by atoms with Gasteiger partial charge in [-0.05, 0) is 13.8 Å². The Hall–Kier alpha value is -2.97. The number of aromatic nitrogens is 4. The highest BCUT2D eigenvalue weighted by Gasteiger charge is 2.49. The molecule has 1 amide bonds. The average Bonchev–Trinajstić information content (AvgIpc) is 3.22. The molecular weight excluding hydrogens is 371 g/mol. The van der Waals surface area contributed by atoms with Crippen molar-refractivity contribution in [1.29, 1.82) is 0 Å². The van der Waals surface area contributed by atoms with E-state index in [1.807, 2.05) is 13.8 Å². The van der Waals surface area contributed by atoms with E-state index in [1.165, 1.54) is 15.8 Å². The molecule has 3 atom stereocenters. The molecule has 0 unspecified atom stereocenters. The molecule has 0 spiro atoms. The molecule has 1 fully saturated rings. The summed E-state index contributed by atoms with van der Waals surface area (Å²) >= 11 is 0. The lowest BCUT2D eigenvalue weighted by Gasteiger charge is -2.27. The minimum Gasteiger partial charge on any atom is -0.445 e. The van der Waals surface area contributed by atoms with Gasteiger partial charge in [0, 0.05) is 19.5 Å². The van der Waals surface area contributed by atoms with E-state index in [-0.39, 0.29) is 30.0 Å². The number of carbonyl (C=O) groups is 1. The molecule has 2 aromatic heterocycles. The van der Waals surface area contributed by atoms with E-state index in [2.05, 4.69) is 20.9 Å². The maximum absolute atomic E-state index is 13.6. The number of aliphatic hydroxyl groups excluding tert-OH is 1. The van der Waals surface area contributed by atoms with Gasteiger partial charge in [-0.25, -0.2) is 9.78 Å². The predicted molar refractivity (Wildman–Crippen MR) is 96.3 cm³/mol. The summed E-state index contributed by atoms with van der Waals surface area (Å²) in [5, 5.41) is 10.5. The van der Waals surface area contributed by atoms with Gasteiger partial charge in [0.15, 0.2) is 22.6 Å². The highest BCUT2D eigenvalue weighted by Crippen LogP contribution is 2.38. The molecule has 2 aromatic rings. The van der Waals surface area contributed by atoms with Gasteiger partial charge in [-0.2, -0.15) is 14.4 Å². The van der Waals surface area contributed by atoms with E-state index >= 15 is 0 Å². The molecule has 0 bridgehead atoms. The van der Waals surface area contributed by atoms with Gasteiger partial charge in [0.2, 0.25) is 0 Å². The summed E-state index contributed by atoms with van der Waals surface area (Å²) in [7, 11) is 0. The normalized spacial score (nSPS) is 24.2. The first-order valence-corrected chi connectivity index (χ1v) is 8.76. The molecule has 0 radical (unpaired) electrons. The predicted octanol–water partition coefficient (Wildman–Crippen LogP) is 0.678. The second-order valence-electron chi connectivity index (χ2n) is 6.29. The van der Waals surface area contributed by atoms with Gasteiger partial charge in [-0.3, -0.25) is 4.57 Å². The molecule has 3 rings (SSSR count). The number of hydrogen-bond donors (Lipinski definition) is 2. The Bertz CT molecular complexity index is 924. The Morgan fingerprint density at radius 2 is 2.29 bits per heavy atom. The maximum atomic E-state index is 13.6. The van der Waals surface area contributed by atoms with Crippen LogP contribution in [0.15, 0.2) is 6.33 Å². The van der Waals surface area contributed by atoms with E-state index in [0.29, 0.717) is 13.1 Å². The van der Waals surface area contributed by atoms with Crippen molar-refractivity contribution in [2.75, 3.05) is 25.4 Å². The molecule has 150 valence electrons. The number of nitrogen functional groups attached to an aromatic ring is 1. The number of amides is 1. The second-order valence-corrected chi connectivity index (χ2v) is 6.29. The molecule has 0 saturated carbocycles. The summed E-state index contributed by atoms with van der Waals surface area (Å²) in [4.78, 5) is 24.7. The Kier molecular flexibility index (Phi) is 5.35. The van der Waals surface area contributed by atoms with Crippen LogP contribution in [0.3, 0.4) is 0 Å². The minimum atomic E-state index is -1.55. The number of fused-ring (bicyclic) bond motifs is 1. The first-order chi connectivity index (χ1) is 13.3. The van der Waals surface area contributed by atoms with E-state index in [9.17, 15) is 14.3 Å². The molecule has 1 aliphatic rings. The molecule has 0 aliphatic carbocycles. The zero-order chi connectivity index (χ0) is 20.5. The highest BCUT2D eigenvalue weighted by atomic mass is 19.1. The third-order valence-electron chi connectivity index (χ3n) is 4.72. The van der Waals surface area contributed by atoms with Crippen LogP contribution in [-0.2, 0) is 9.47 Å². The first kappa shape index (κ1) is 19.8. The number of halogens is 1. The molecule has 11 heteroatoms. The third kappa shape index (κ3) is 3.32. The van der Waals surface area contributed by atoms with Gasteiger partial charge in [0.1, 0.15) is 18.9 Å². The Morgan fingerprint density at radius 1 is 1.57 bits per heavy atom. The van der Waals surface area contributed by atoms with Gasteiger partial charge in [0.25, 0.3) is 0 Å². The van der Waals surface area contributed by atoms with Crippen LogP contribution >= 0.6 is 0 Å². The van der Waals surface area contributed by atoms with E-state index < -0.39 is 30.1 Å². The number of carbonyl (C=O) groups excluding carboxylic acids is 1. The van der Waals surface area contributed by atoms with Crippen LogP contribution in [0, 0.1) is 18.4 Å². The molecular formula is C17H21FN6O4. The largest absolute Gasteiger partial charge is 0.445 e. The fraction of sp³-hybridized carbons (Fsp3) is 0.529. The number of rotatable bonds is 5. The highest BCUT2D eigenvalue weighted by molar-refractivity contribution is 5.81. The monoisotopic (exact) mass is 392 g/mol. The van der Waals surface area contributed by atoms with Crippen LogP contribution in [0.1, 0.15) is 26.5 Å². The lowest BCUT2D eigenvalue weighted by Crippen LogP contribution is -2.45. The summed E-state index contributed by atoms with van der Waals surface area (Å²) in [6, 6.07) is 0. The van der Waals surface area contributed by atoms with Crippen molar-refractivity contribution in [3.63, 3.8) is 0 Å². The van der Waals surface area contributed by atoms with Crippen LogP contribution in [0.2, 0.25) is 0 Å². The Labute approximate surface area is 160 Å². The summed E-state index contributed by atoms with van der Waals surface area (Å²) in [5.41, 5.74) is 4.41. The van der Waals surface area contributed by atoms with Gasteiger partial charge in [-0.15, -0.1) is 6.42 Å². The summed E-state index contributed by atoms with van der Waals surface area (Å²) in [6.07, 6.45) is 3.49. The smallest absolute Gasteiger partial charge is 0.409 e. The SMILES string of the molecule is C#C[C@]1(COC(=O)N(CC)CC)O[C@@H](n2cnc3c(N)nc(F)nc32)C[C@@H]1O. The quantitative estimate of drug-likeness (QED) is 0.561. The minimum absolute atomic E-state index is 0.0595. The van der Waals surface area contributed by atoms with E-state index in [4.69, 9.17) is 21.6 Å². The van der Waals surface area contributed by atoms with Crippen molar-refractivity contribution in [1.82, 2.24) is 24.4 Å². The lowest BCUT2D eigenvalue weighted by molar-refractivity contribution is -0.0935. The van der Waals surface area contributed by atoms with Crippen molar-refractivity contribution in [2.24, 2.45) is 0 Å². The fourth-order valence-corrected chi connectivity index (χ4v) is 3.09. The zero-order valence-corrected chi connectivity index (χ0v) is 15.5. The standard InChI is InChI=1S/C17H21FN6O4/c1-4-17(8-27-16(26)23(5-2)6-3)10(25)7-11(28-17)24-9-20-12-13(19)21-15(18)22-14(12)24/h1,9-11,25H,5-8H2,2-3H3,(H2,19,21,22)/t10-,11+,17+/m0/s1. The average molecular weight is 392 g/mol. The van der Waals surface area contributed by atoms with Crippen LogP contribution in [0.4, 0.5) is 15.0 Å².